The van der Waals surface area contributed by atoms with Crippen LogP contribution in [0, 0.1) is 16.7 Å². The molecule has 0 bridgehead atoms. The van der Waals surface area contributed by atoms with Crippen molar-refractivity contribution in [2.75, 3.05) is 6.61 Å². The number of carbonyl (C=O) groups is 2. The largest absolute Gasteiger partial charge is 0.447 e. The Balaban J connectivity index is 1.42. The zero-order chi connectivity index (χ0) is 40.1. The van der Waals surface area contributed by atoms with Gasteiger partial charge in [-0.25, -0.2) is 32.9 Å². The standard InChI is InChI=1S/C34H30ClF7N10O3/c1-31(2,16-43)15-33(20-6-3-18(4-7-20)22-9-12-50(49-22)28(38)39)27(53)51(29(44)47-33)24(14-55-30(54)48-32(10-11-32)34(40,41)42)19-5-8-21(35)23(13-19)52-26(25(36)37)45-17-46-52/h3-9,12-13,17,24-25,28H,10-11,14-15H2,1-2H3,(H2,44,47)(H,48,54)/t24-,33-/m1/s1. The summed E-state index contributed by atoms with van der Waals surface area (Å²) in [6.45, 7) is -0.618. The summed E-state index contributed by atoms with van der Waals surface area (Å²) >= 11 is 6.39. The van der Waals surface area contributed by atoms with Gasteiger partial charge in [-0.05, 0) is 56.0 Å². The van der Waals surface area contributed by atoms with Crippen molar-refractivity contribution in [2.24, 2.45) is 16.1 Å². The van der Waals surface area contributed by atoms with Gasteiger partial charge in [0, 0.05) is 18.2 Å². The lowest BCUT2D eigenvalue weighted by molar-refractivity contribution is -0.164. The van der Waals surface area contributed by atoms with E-state index in [4.69, 9.17) is 22.1 Å². The quantitative estimate of drug-likeness (QED) is 0.145. The van der Waals surface area contributed by atoms with E-state index in [0.717, 1.165) is 22.1 Å². The third-order valence-corrected chi connectivity index (χ3v) is 9.58. The van der Waals surface area contributed by atoms with Gasteiger partial charge >= 0.3 is 18.8 Å². The molecule has 6 rings (SSSR count). The topological polar surface area (TPSA) is 169 Å². The molecule has 0 radical (unpaired) electrons. The van der Waals surface area contributed by atoms with Gasteiger partial charge < -0.3 is 15.8 Å². The number of alkyl carbamates (subject to hydrolysis) is 1. The summed E-state index contributed by atoms with van der Waals surface area (Å²) in [5.41, 5.74) is 1.52. The number of hydrogen-bond donors (Lipinski definition) is 2. The Labute approximate surface area is 312 Å². The van der Waals surface area contributed by atoms with Gasteiger partial charge in [-0.1, -0.05) is 41.9 Å². The minimum Gasteiger partial charge on any atom is -0.447 e. The average molecular weight is 795 g/mol. The van der Waals surface area contributed by atoms with Crippen molar-refractivity contribution in [3.8, 4) is 23.0 Å². The van der Waals surface area contributed by atoms with Gasteiger partial charge in [0.1, 0.15) is 18.5 Å². The zero-order valence-electron chi connectivity index (χ0n) is 28.7. The molecule has 2 amide bonds. The number of aliphatic imine (C=N–C) groups is 1. The minimum atomic E-state index is -4.77. The third kappa shape index (κ3) is 7.39. The molecule has 2 aromatic heterocycles. The smallest absolute Gasteiger partial charge is 0.411 e. The number of rotatable bonds is 12. The molecule has 55 heavy (non-hydrogen) atoms. The molecule has 3 N–H and O–H groups in total. The molecule has 2 aliphatic rings. The van der Waals surface area contributed by atoms with Gasteiger partial charge in [0.25, 0.3) is 12.3 Å². The molecule has 13 nitrogen and oxygen atoms in total. The summed E-state index contributed by atoms with van der Waals surface area (Å²) in [5, 5.41) is 19.4. The van der Waals surface area contributed by atoms with Gasteiger partial charge in [-0.2, -0.15) is 37.4 Å². The van der Waals surface area contributed by atoms with Gasteiger partial charge in [0.2, 0.25) is 0 Å². The van der Waals surface area contributed by atoms with Gasteiger partial charge in [0.15, 0.2) is 17.3 Å². The number of carbonyl (C=O) groups excluding carboxylic acids is 2. The number of alkyl halides is 7. The molecule has 21 heteroatoms. The maximum absolute atomic E-state index is 14.9. The van der Waals surface area contributed by atoms with Crippen LogP contribution in [0.25, 0.3) is 16.9 Å². The maximum atomic E-state index is 14.9. The van der Waals surface area contributed by atoms with Crippen LogP contribution in [0.2, 0.25) is 5.02 Å². The SMILES string of the molecule is CC(C)(C#N)C[C@]1(c2ccc(-c3ccn(C(F)F)n3)cc2)N=C(N)N([C@H](COC(=O)NC2(C(F)(F)F)CC2)c2ccc(Cl)c(-n3ncnc3C(F)F)c2)C1=O. The monoisotopic (exact) mass is 794 g/mol. The molecular formula is C34H30ClF7N10O3. The van der Waals surface area contributed by atoms with E-state index in [1.54, 1.807) is 13.8 Å². The summed E-state index contributed by atoms with van der Waals surface area (Å²) in [5.74, 6) is -2.09. The number of nitriles is 1. The molecule has 2 aromatic carbocycles. The summed E-state index contributed by atoms with van der Waals surface area (Å²) < 4.78 is 101. The van der Waals surface area contributed by atoms with Crippen molar-refractivity contribution in [2.45, 2.75) is 69.4 Å². The number of nitrogens with two attached hydrogens (primary N) is 1. The first-order valence-corrected chi connectivity index (χ1v) is 16.7. The van der Waals surface area contributed by atoms with E-state index in [0.29, 0.717) is 10.2 Å². The number of halogens is 8. The summed E-state index contributed by atoms with van der Waals surface area (Å²) in [6.07, 6.45) is -8.41. The molecule has 4 aromatic rings. The van der Waals surface area contributed by atoms with Crippen LogP contribution in [0.3, 0.4) is 0 Å². The molecule has 1 fully saturated rings. The lowest BCUT2D eigenvalue weighted by Gasteiger charge is -2.34. The molecule has 0 saturated heterocycles. The van der Waals surface area contributed by atoms with Gasteiger partial charge in [-0.15, -0.1) is 0 Å². The molecule has 3 heterocycles. The van der Waals surface area contributed by atoms with Crippen LogP contribution in [0.5, 0.6) is 0 Å². The van der Waals surface area contributed by atoms with E-state index < -0.39 is 72.1 Å². The molecule has 1 aliphatic carbocycles. The number of aromatic nitrogens is 5. The molecular weight excluding hydrogens is 765 g/mol. The number of nitrogens with zero attached hydrogens (tertiary/aromatic N) is 8. The van der Waals surface area contributed by atoms with Crippen LogP contribution < -0.4 is 11.1 Å². The molecule has 1 saturated carbocycles. The lowest BCUT2D eigenvalue weighted by atomic mass is 9.75. The molecule has 1 aliphatic heterocycles. The number of amides is 2. The minimum absolute atomic E-state index is 0.0479. The first-order valence-electron chi connectivity index (χ1n) is 16.4. The average Bonchev–Trinajstić information content (AvgIpc) is 3.43. The number of guanidine groups is 1. The number of benzene rings is 2. The Morgan fingerprint density at radius 1 is 1.11 bits per heavy atom. The summed E-state index contributed by atoms with van der Waals surface area (Å²) in [7, 11) is 0. The molecule has 290 valence electrons. The summed E-state index contributed by atoms with van der Waals surface area (Å²) in [6, 6.07) is 11.8. The first kappa shape index (κ1) is 39.0. The van der Waals surface area contributed by atoms with Crippen molar-refractivity contribution < 1.29 is 45.1 Å². The van der Waals surface area contributed by atoms with E-state index >= 15 is 0 Å². The van der Waals surface area contributed by atoms with Crippen LogP contribution in [0.4, 0.5) is 35.5 Å². The van der Waals surface area contributed by atoms with E-state index in [2.05, 4.69) is 26.2 Å². The molecule has 2 atom stereocenters. The fraction of sp³-hybridized carbons (Fsp3) is 0.382. The van der Waals surface area contributed by atoms with E-state index in [9.17, 15) is 45.6 Å². The van der Waals surface area contributed by atoms with Gasteiger partial charge in [-0.3, -0.25) is 9.69 Å². The van der Waals surface area contributed by atoms with Crippen molar-refractivity contribution in [3.05, 3.63) is 83.0 Å². The normalized spacial score (nSPS) is 18.7. The van der Waals surface area contributed by atoms with E-state index in [1.165, 1.54) is 48.5 Å². The second kappa shape index (κ2) is 14.2. The number of ether oxygens (including phenoxy) is 1. The van der Waals surface area contributed by atoms with Crippen molar-refractivity contribution >= 4 is 29.6 Å². The highest BCUT2D eigenvalue weighted by molar-refractivity contribution is 6.32. The lowest BCUT2D eigenvalue weighted by Crippen LogP contribution is -2.50. The Bertz CT molecular complexity index is 2180. The van der Waals surface area contributed by atoms with Crippen LogP contribution >= 0.6 is 11.6 Å². The van der Waals surface area contributed by atoms with E-state index in [-0.39, 0.29) is 46.8 Å². The fourth-order valence-corrected chi connectivity index (χ4v) is 6.50. The van der Waals surface area contributed by atoms with Crippen molar-refractivity contribution in [1.29, 1.82) is 5.26 Å². The van der Waals surface area contributed by atoms with Crippen LogP contribution in [-0.2, 0) is 15.1 Å². The highest BCUT2D eigenvalue weighted by Crippen LogP contribution is 2.49. The highest BCUT2D eigenvalue weighted by Gasteiger charge is 2.64. The Morgan fingerprint density at radius 3 is 2.38 bits per heavy atom. The van der Waals surface area contributed by atoms with Crippen molar-refractivity contribution in [3.63, 3.8) is 0 Å². The second-order valence-electron chi connectivity index (χ2n) is 13.6. The Kier molecular flexibility index (Phi) is 10.0. The van der Waals surface area contributed by atoms with Crippen LogP contribution in [0.15, 0.2) is 66.0 Å². The Hall–Kier alpha value is -5.71. The van der Waals surface area contributed by atoms with Gasteiger partial charge in [0.05, 0.1) is 33.9 Å². The third-order valence-electron chi connectivity index (χ3n) is 9.26. The number of hydrogen-bond acceptors (Lipinski definition) is 9. The summed E-state index contributed by atoms with van der Waals surface area (Å²) in [4.78, 5) is 36.8. The fourth-order valence-electron chi connectivity index (χ4n) is 6.30. The van der Waals surface area contributed by atoms with Crippen LogP contribution in [-0.4, -0.2) is 65.7 Å². The number of nitrogens with one attached hydrogen (secondary N) is 1. The highest BCUT2D eigenvalue weighted by atomic mass is 35.5. The predicted molar refractivity (Wildman–Crippen MR) is 180 cm³/mol. The maximum Gasteiger partial charge on any atom is 0.411 e. The predicted octanol–water partition coefficient (Wildman–Crippen LogP) is 6.97. The van der Waals surface area contributed by atoms with E-state index in [1.807, 2.05) is 5.32 Å². The zero-order valence-corrected chi connectivity index (χ0v) is 29.5. The molecule has 0 unspecified atom stereocenters. The van der Waals surface area contributed by atoms with Crippen LogP contribution in [0.1, 0.15) is 69.1 Å². The Morgan fingerprint density at radius 2 is 1.80 bits per heavy atom. The second-order valence-corrected chi connectivity index (χ2v) is 14.0. The molecule has 0 spiro atoms. The first-order chi connectivity index (χ1) is 25.8. The van der Waals surface area contributed by atoms with Crippen molar-refractivity contribution in [1.82, 2.24) is 34.8 Å².